The number of amides is 2. The molecule has 0 radical (unpaired) electrons. The topological polar surface area (TPSA) is 79.8 Å². The Morgan fingerprint density at radius 1 is 0.903 bits per heavy atom. The number of ether oxygens (including phenoxy) is 1. The lowest BCUT2D eigenvalue weighted by molar-refractivity contribution is -0.136. The van der Waals surface area contributed by atoms with Gasteiger partial charge in [-0.15, -0.1) is 0 Å². The third kappa shape index (κ3) is 6.27. The molecule has 0 heterocycles. The molecule has 158 valence electrons. The average molecular weight is 415 g/mol. The molecule has 3 rings (SSSR count). The molecule has 0 atom stereocenters. The lowest BCUT2D eigenvalue weighted by Crippen LogP contribution is -2.32. The smallest absolute Gasteiger partial charge is 0.329 e. The molecule has 2 N–H and O–H groups in total. The number of rotatable bonds is 6. The van der Waals surface area contributed by atoms with Crippen molar-refractivity contribution < 1.29 is 14.3 Å². The summed E-state index contributed by atoms with van der Waals surface area (Å²) in [4.78, 5) is 24.1. The van der Waals surface area contributed by atoms with E-state index in [1.807, 2.05) is 81.4 Å². The van der Waals surface area contributed by atoms with E-state index in [9.17, 15) is 9.59 Å². The van der Waals surface area contributed by atoms with E-state index in [4.69, 9.17) is 4.74 Å². The molecule has 0 spiro atoms. The minimum atomic E-state index is -0.854. The number of hydrazone groups is 1. The van der Waals surface area contributed by atoms with E-state index in [2.05, 4.69) is 15.8 Å². The quantitative estimate of drug-likeness (QED) is 0.358. The van der Waals surface area contributed by atoms with Crippen LogP contribution in [0.4, 0.5) is 5.69 Å². The van der Waals surface area contributed by atoms with Gasteiger partial charge in [-0.05, 0) is 61.7 Å². The van der Waals surface area contributed by atoms with Gasteiger partial charge in [0.25, 0.3) is 0 Å². The highest BCUT2D eigenvalue weighted by Gasteiger charge is 2.13. The van der Waals surface area contributed by atoms with Crippen molar-refractivity contribution in [2.45, 2.75) is 27.4 Å². The molecule has 0 aliphatic carbocycles. The summed E-state index contributed by atoms with van der Waals surface area (Å²) in [7, 11) is 0. The van der Waals surface area contributed by atoms with Gasteiger partial charge in [0.15, 0.2) is 0 Å². The molecule has 0 fully saturated rings. The zero-order valence-corrected chi connectivity index (χ0v) is 17.8. The van der Waals surface area contributed by atoms with Crippen molar-refractivity contribution in [1.29, 1.82) is 0 Å². The third-order valence-electron chi connectivity index (χ3n) is 4.77. The Morgan fingerprint density at radius 3 is 2.39 bits per heavy atom. The van der Waals surface area contributed by atoms with Crippen LogP contribution in [0.1, 0.15) is 27.8 Å². The van der Waals surface area contributed by atoms with Crippen LogP contribution in [0.5, 0.6) is 5.75 Å². The van der Waals surface area contributed by atoms with Gasteiger partial charge < -0.3 is 10.1 Å². The fraction of sp³-hybridized carbons (Fsp3) is 0.160. The summed E-state index contributed by atoms with van der Waals surface area (Å²) < 4.78 is 5.88. The van der Waals surface area contributed by atoms with Gasteiger partial charge in [0.2, 0.25) is 0 Å². The van der Waals surface area contributed by atoms with E-state index in [-0.39, 0.29) is 0 Å². The molecule has 0 aliphatic rings. The third-order valence-corrected chi connectivity index (χ3v) is 4.77. The summed E-state index contributed by atoms with van der Waals surface area (Å²) in [6.45, 7) is 6.36. The number of anilines is 1. The molecule has 2 amide bonds. The molecule has 0 bridgehead atoms. The number of para-hydroxylation sites is 1. The molecule has 0 saturated carbocycles. The van der Waals surface area contributed by atoms with Gasteiger partial charge in [-0.3, -0.25) is 9.59 Å². The van der Waals surface area contributed by atoms with Crippen molar-refractivity contribution in [3.8, 4) is 5.75 Å². The van der Waals surface area contributed by atoms with Crippen molar-refractivity contribution in [3.63, 3.8) is 0 Å². The second-order valence-electron chi connectivity index (χ2n) is 7.26. The average Bonchev–Trinajstić information content (AvgIpc) is 2.76. The Kier molecular flexibility index (Phi) is 7.17. The van der Waals surface area contributed by atoms with Crippen LogP contribution in [0.15, 0.2) is 71.8 Å². The Hall–Kier alpha value is -3.93. The Labute approximate surface area is 182 Å². The predicted octanol–water partition coefficient (Wildman–Crippen LogP) is 4.28. The van der Waals surface area contributed by atoms with Crippen LogP contribution in [0.25, 0.3) is 0 Å². The Balaban J connectivity index is 1.57. The molecule has 0 aromatic heterocycles. The predicted molar refractivity (Wildman–Crippen MR) is 122 cm³/mol. The molecular weight excluding hydrogens is 390 g/mol. The van der Waals surface area contributed by atoms with Crippen LogP contribution in [0.3, 0.4) is 0 Å². The second-order valence-corrected chi connectivity index (χ2v) is 7.26. The lowest BCUT2D eigenvalue weighted by atomic mass is 10.1. The van der Waals surface area contributed by atoms with Gasteiger partial charge in [0.1, 0.15) is 12.4 Å². The molecule has 6 nitrogen and oxygen atoms in total. The summed E-state index contributed by atoms with van der Waals surface area (Å²) in [6, 6.07) is 20.9. The number of hydrogen-bond acceptors (Lipinski definition) is 4. The standard InChI is InChI=1S/C25H25N3O3/c1-17-8-11-20(12-9-17)16-31-23-7-5-4-6-21(23)15-26-28-25(30)24(29)27-22-13-10-18(2)19(3)14-22/h4-15H,16H2,1-3H3,(H,27,29)(H,28,30)/b26-15-. The van der Waals surface area contributed by atoms with Crippen molar-refractivity contribution >= 4 is 23.7 Å². The fourth-order valence-corrected chi connectivity index (χ4v) is 2.78. The summed E-state index contributed by atoms with van der Waals surface area (Å²) >= 11 is 0. The normalized spacial score (nSPS) is 10.7. The first-order chi connectivity index (χ1) is 14.9. The van der Waals surface area contributed by atoms with E-state index in [1.54, 1.807) is 6.07 Å². The molecule has 3 aromatic carbocycles. The Bertz CT molecular complexity index is 1110. The largest absolute Gasteiger partial charge is 0.488 e. The van der Waals surface area contributed by atoms with Gasteiger partial charge in [-0.2, -0.15) is 5.10 Å². The number of aryl methyl sites for hydroxylation is 3. The minimum absolute atomic E-state index is 0.413. The van der Waals surface area contributed by atoms with Crippen LogP contribution in [-0.2, 0) is 16.2 Å². The molecule has 6 heteroatoms. The zero-order chi connectivity index (χ0) is 22.2. The summed E-state index contributed by atoms with van der Waals surface area (Å²) in [5, 5.41) is 6.46. The maximum Gasteiger partial charge on any atom is 0.329 e. The van der Waals surface area contributed by atoms with E-state index in [1.165, 1.54) is 11.8 Å². The van der Waals surface area contributed by atoms with Gasteiger partial charge in [-0.25, -0.2) is 5.43 Å². The van der Waals surface area contributed by atoms with Gasteiger partial charge in [0.05, 0.1) is 6.21 Å². The number of benzene rings is 3. The van der Waals surface area contributed by atoms with Gasteiger partial charge in [-0.1, -0.05) is 48.0 Å². The van der Waals surface area contributed by atoms with Gasteiger partial charge >= 0.3 is 11.8 Å². The highest BCUT2D eigenvalue weighted by atomic mass is 16.5. The second kappa shape index (κ2) is 10.2. The maximum atomic E-state index is 12.1. The van der Waals surface area contributed by atoms with Crippen molar-refractivity contribution in [1.82, 2.24) is 5.43 Å². The SMILES string of the molecule is Cc1ccc(COc2ccccc2/C=N\NC(=O)C(=O)Nc2ccc(C)c(C)c2)cc1. The van der Waals surface area contributed by atoms with Crippen LogP contribution >= 0.6 is 0 Å². The summed E-state index contributed by atoms with van der Waals surface area (Å²) in [5.41, 5.74) is 7.86. The molecule has 0 unspecified atom stereocenters. The van der Waals surface area contributed by atoms with E-state index >= 15 is 0 Å². The Morgan fingerprint density at radius 2 is 1.65 bits per heavy atom. The number of carbonyl (C=O) groups excluding carboxylic acids is 2. The van der Waals surface area contributed by atoms with E-state index in [0.29, 0.717) is 23.6 Å². The van der Waals surface area contributed by atoms with E-state index < -0.39 is 11.8 Å². The van der Waals surface area contributed by atoms with Crippen molar-refractivity contribution in [2.24, 2.45) is 5.10 Å². The van der Waals surface area contributed by atoms with Gasteiger partial charge in [0, 0.05) is 11.3 Å². The van der Waals surface area contributed by atoms with Crippen molar-refractivity contribution in [3.05, 3.63) is 94.5 Å². The molecule has 0 saturated heterocycles. The summed E-state index contributed by atoms with van der Waals surface area (Å²) in [6.07, 6.45) is 1.45. The van der Waals surface area contributed by atoms with Crippen LogP contribution in [0.2, 0.25) is 0 Å². The first kappa shape index (κ1) is 21.8. The fourth-order valence-electron chi connectivity index (χ4n) is 2.78. The van der Waals surface area contributed by atoms with Crippen LogP contribution in [-0.4, -0.2) is 18.0 Å². The molecule has 3 aromatic rings. The van der Waals surface area contributed by atoms with E-state index in [0.717, 1.165) is 16.7 Å². The first-order valence-electron chi connectivity index (χ1n) is 9.91. The summed E-state index contributed by atoms with van der Waals surface area (Å²) in [5.74, 6) is -1.02. The highest BCUT2D eigenvalue weighted by molar-refractivity contribution is 6.39. The highest BCUT2D eigenvalue weighted by Crippen LogP contribution is 2.18. The van der Waals surface area contributed by atoms with Crippen LogP contribution in [0, 0.1) is 20.8 Å². The van der Waals surface area contributed by atoms with Crippen molar-refractivity contribution in [2.75, 3.05) is 5.32 Å². The minimum Gasteiger partial charge on any atom is -0.488 e. The number of carbonyl (C=O) groups is 2. The molecule has 31 heavy (non-hydrogen) atoms. The number of hydrogen-bond donors (Lipinski definition) is 2. The molecular formula is C25H25N3O3. The van der Waals surface area contributed by atoms with Crippen LogP contribution < -0.4 is 15.5 Å². The first-order valence-corrected chi connectivity index (χ1v) is 9.91. The maximum absolute atomic E-state index is 12.1. The zero-order valence-electron chi connectivity index (χ0n) is 17.8. The monoisotopic (exact) mass is 415 g/mol. The lowest BCUT2D eigenvalue weighted by Gasteiger charge is -2.09. The number of nitrogens with zero attached hydrogens (tertiary/aromatic N) is 1. The molecule has 0 aliphatic heterocycles. The number of nitrogens with one attached hydrogen (secondary N) is 2.